The summed E-state index contributed by atoms with van der Waals surface area (Å²) in [4.78, 5) is 17.8. The van der Waals surface area contributed by atoms with Crippen molar-refractivity contribution in [2.45, 2.75) is 39.5 Å². The zero-order valence-electron chi connectivity index (χ0n) is 24.6. The third kappa shape index (κ3) is 5.85. The fourth-order valence-corrected chi connectivity index (χ4v) is 5.04. The zero-order chi connectivity index (χ0) is 30.1. The monoisotopic (exact) mass is 571 g/mol. The molecule has 6 aromatic rings. The van der Waals surface area contributed by atoms with E-state index >= 15 is 0 Å². The fourth-order valence-electron chi connectivity index (χ4n) is 5.04. The number of fused-ring (bicyclic) bond motifs is 1. The fraction of sp³-hybridized carbons (Fsp3) is 0.171. The second kappa shape index (κ2) is 11.1. The number of aromatic hydroxyl groups is 1. The molecule has 0 radical (unpaired) electrons. The summed E-state index contributed by atoms with van der Waals surface area (Å²) < 4.78 is 6.87. The molecule has 3 heterocycles. The van der Waals surface area contributed by atoms with Crippen LogP contribution in [0.15, 0.2) is 102 Å². The van der Waals surface area contributed by atoms with Crippen LogP contribution in [0.5, 0.6) is 5.75 Å². The van der Waals surface area contributed by atoms with Gasteiger partial charge in [0.05, 0.1) is 35.8 Å². The predicted molar refractivity (Wildman–Crippen MR) is 170 cm³/mol. The molecule has 0 saturated carbocycles. The molecule has 3 aromatic carbocycles. The minimum absolute atomic E-state index is 0.214. The normalized spacial score (nSPS) is 11.5. The molecule has 0 saturated heterocycles. The van der Waals surface area contributed by atoms with Gasteiger partial charge >= 0.3 is 6.03 Å². The maximum atomic E-state index is 13.4. The number of hydrogen-bond acceptors (Lipinski definition) is 5. The molecular weight excluding hydrogens is 538 g/mol. The van der Waals surface area contributed by atoms with E-state index in [0.29, 0.717) is 17.9 Å². The number of furan rings is 1. The average molecular weight is 572 g/mol. The number of carbonyl (C=O) groups excluding carboxylic acids is 1. The van der Waals surface area contributed by atoms with Crippen molar-refractivity contribution >= 4 is 28.3 Å². The Kier molecular flexibility index (Phi) is 7.19. The molecule has 0 bridgehead atoms. The minimum Gasteiger partial charge on any atom is -0.508 e. The summed E-state index contributed by atoms with van der Waals surface area (Å²) >= 11 is 0. The Morgan fingerprint density at radius 2 is 1.77 bits per heavy atom. The lowest BCUT2D eigenvalue weighted by Crippen LogP contribution is -2.21. The number of urea groups is 1. The van der Waals surface area contributed by atoms with E-state index in [1.54, 1.807) is 29.5 Å². The summed E-state index contributed by atoms with van der Waals surface area (Å²) in [5.41, 5.74) is 6.59. The van der Waals surface area contributed by atoms with Crippen molar-refractivity contribution in [3.8, 4) is 22.6 Å². The van der Waals surface area contributed by atoms with E-state index in [2.05, 4.69) is 36.4 Å². The van der Waals surface area contributed by atoms with Crippen molar-refractivity contribution in [3.05, 3.63) is 120 Å². The van der Waals surface area contributed by atoms with Gasteiger partial charge in [0.15, 0.2) is 0 Å². The lowest BCUT2D eigenvalue weighted by atomic mass is 9.92. The van der Waals surface area contributed by atoms with Crippen LogP contribution in [0.3, 0.4) is 0 Å². The number of phenolic OH excluding ortho intramolecular Hbond substituents is 1. The molecule has 0 aliphatic rings. The topological polar surface area (TPSA) is 105 Å². The summed E-state index contributed by atoms with van der Waals surface area (Å²) in [7, 11) is 0. The molecule has 0 aliphatic heterocycles. The lowest BCUT2D eigenvalue weighted by Gasteiger charge is -2.14. The van der Waals surface area contributed by atoms with Gasteiger partial charge in [-0.15, -0.1) is 0 Å². The van der Waals surface area contributed by atoms with Gasteiger partial charge in [0.25, 0.3) is 0 Å². The molecule has 3 aromatic heterocycles. The highest BCUT2D eigenvalue weighted by atomic mass is 16.3. The maximum absolute atomic E-state index is 13.4. The number of phenols is 1. The number of aromatic nitrogens is 3. The molecule has 2 amide bonds. The first-order chi connectivity index (χ1) is 20.7. The van der Waals surface area contributed by atoms with Crippen molar-refractivity contribution < 1.29 is 14.3 Å². The van der Waals surface area contributed by atoms with Gasteiger partial charge in [-0.2, -0.15) is 5.10 Å². The molecule has 0 fully saturated rings. The van der Waals surface area contributed by atoms with Crippen LogP contribution < -0.4 is 10.6 Å². The summed E-state index contributed by atoms with van der Waals surface area (Å²) in [6.07, 6.45) is 5.63. The van der Waals surface area contributed by atoms with Crippen molar-refractivity contribution in [2.24, 2.45) is 0 Å². The number of anilines is 2. The number of pyridine rings is 1. The summed E-state index contributed by atoms with van der Waals surface area (Å²) in [6.45, 7) is 8.17. The number of aryl methyl sites for hydroxylation is 1. The van der Waals surface area contributed by atoms with E-state index in [-0.39, 0.29) is 17.2 Å². The Labute approximate surface area is 250 Å². The predicted octanol–water partition coefficient (Wildman–Crippen LogP) is 8.23. The van der Waals surface area contributed by atoms with Gasteiger partial charge in [-0.3, -0.25) is 10.3 Å². The average Bonchev–Trinajstić information content (AvgIpc) is 3.65. The number of amides is 2. The standard InChI is InChI=1S/C35H33N5O3/c1-22-9-12-26(20-36-22)40-33(19-32(39-40)35(2,3)4)38-34(42)37-30-14-13-27(28-7-5-6-8-29(28)30)24-10-11-25(31(41)18-24)17-23-15-16-43-21-23/h5-16,18-21,41H,17H2,1-4H3,(H2,37,38,42). The molecule has 8 heteroatoms. The van der Waals surface area contributed by atoms with E-state index in [0.717, 1.165) is 50.1 Å². The van der Waals surface area contributed by atoms with Gasteiger partial charge in [0.1, 0.15) is 11.6 Å². The Hall–Kier alpha value is -5.37. The number of rotatable bonds is 6. The highest BCUT2D eigenvalue weighted by molar-refractivity contribution is 6.09. The molecule has 43 heavy (non-hydrogen) atoms. The Bertz CT molecular complexity index is 1920. The van der Waals surface area contributed by atoms with Gasteiger partial charge in [-0.1, -0.05) is 63.2 Å². The number of carbonyl (C=O) groups is 1. The van der Waals surface area contributed by atoms with Crippen molar-refractivity contribution in [1.29, 1.82) is 0 Å². The molecule has 0 aliphatic carbocycles. The quantitative estimate of drug-likeness (QED) is 0.187. The second-order valence-corrected chi connectivity index (χ2v) is 11.7. The minimum atomic E-state index is -0.388. The molecule has 0 unspecified atom stereocenters. The second-order valence-electron chi connectivity index (χ2n) is 11.7. The molecule has 0 atom stereocenters. The first kappa shape index (κ1) is 27.8. The van der Waals surface area contributed by atoms with Crippen LogP contribution in [-0.4, -0.2) is 25.9 Å². The smallest absolute Gasteiger partial charge is 0.324 e. The van der Waals surface area contributed by atoms with Crippen molar-refractivity contribution in [3.63, 3.8) is 0 Å². The third-order valence-electron chi connectivity index (χ3n) is 7.40. The summed E-state index contributed by atoms with van der Waals surface area (Å²) in [6, 6.07) is 24.7. The van der Waals surface area contributed by atoms with Crippen LogP contribution in [-0.2, 0) is 11.8 Å². The Morgan fingerprint density at radius 3 is 2.47 bits per heavy atom. The third-order valence-corrected chi connectivity index (χ3v) is 7.40. The molecule has 0 spiro atoms. The van der Waals surface area contributed by atoms with E-state index < -0.39 is 0 Å². The van der Waals surface area contributed by atoms with Gasteiger partial charge in [-0.05, 0) is 64.9 Å². The van der Waals surface area contributed by atoms with Crippen LogP contribution in [0.4, 0.5) is 16.3 Å². The lowest BCUT2D eigenvalue weighted by molar-refractivity contribution is 0.262. The first-order valence-electron chi connectivity index (χ1n) is 14.1. The number of hydrogen-bond donors (Lipinski definition) is 3. The summed E-state index contributed by atoms with van der Waals surface area (Å²) in [5, 5.41) is 23.4. The largest absolute Gasteiger partial charge is 0.508 e. The van der Waals surface area contributed by atoms with E-state index in [1.807, 2.05) is 79.7 Å². The van der Waals surface area contributed by atoms with Gasteiger partial charge in [0.2, 0.25) is 0 Å². The van der Waals surface area contributed by atoms with Crippen molar-refractivity contribution in [2.75, 3.05) is 10.6 Å². The van der Waals surface area contributed by atoms with Crippen LogP contribution in [0.25, 0.3) is 27.6 Å². The molecular formula is C35H33N5O3. The van der Waals surface area contributed by atoms with Crippen molar-refractivity contribution in [1.82, 2.24) is 14.8 Å². The Balaban J connectivity index is 1.28. The number of nitrogens with zero attached hydrogens (tertiary/aromatic N) is 3. The van der Waals surface area contributed by atoms with Crippen LogP contribution in [0.1, 0.15) is 43.3 Å². The Morgan fingerprint density at radius 1 is 0.953 bits per heavy atom. The van der Waals surface area contributed by atoms with Crippen LogP contribution in [0.2, 0.25) is 0 Å². The molecule has 216 valence electrons. The summed E-state index contributed by atoms with van der Waals surface area (Å²) in [5.74, 6) is 0.763. The molecule has 8 nitrogen and oxygen atoms in total. The number of nitrogens with one attached hydrogen (secondary N) is 2. The highest BCUT2D eigenvalue weighted by Gasteiger charge is 2.22. The number of benzene rings is 3. The van der Waals surface area contributed by atoms with E-state index in [1.165, 1.54) is 0 Å². The molecule has 6 rings (SSSR count). The van der Waals surface area contributed by atoms with E-state index in [9.17, 15) is 9.90 Å². The van der Waals surface area contributed by atoms with Crippen LogP contribution >= 0.6 is 0 Å². The van der Waals surface area contributed by atoms with Gasteiger partial charge in [0, 0.05) is 29.0 Å². The van der Waals surface area contributed by atoms with Gasteiger partial charge < -0.3 is 14.8 Å². The van der Waals surface area contributed by atoms with E-state index in [4.69, 9.17) is 9.52 Å². The van der Waals surface area contributed by atoms with Gasteiger partial charge in [-0.25, -0.2) is 9.48 Å². The molecule has 3 N–H and O–H groups in total. The maximum Gasteiger partial charge on any atom is 0.324 e. The zero-order valence-corrected chi connectivity index (χ0v) is 24.6. The first-order valence-corrected chi connectivity index (χ1v) is 14.1. The highest BCUT2D eigenvalue weighted by Crippen LogP contribution is 2.36. The van der Waals surface area contributed by atoms with Crippen LogP contribution in [0, 0.1) is 6.92 Å². The SMILES string of the molecule is Cc1ccc(-n2nc(C(C)(C)C)cc2NC(=O)Nc2ccc(-c3ccc(Cc4ccoc4)c(O)c3)c3ccccc23)cn1.